The van der Waals surface area contributed by atoms with Gasteiger partial charge in [0.1, 0.15) is 24.4 Å². The Bertz CT molecular complexity index is 2220. The third-order valence-electron chi connectivity index (χ3n) is 16.9. The lowest BCUT2D eigenvalue weighted by Gasteiger charge is -2.22. The number of nitrogens with zero attached hydrogens (tertiary/aromatic N) is 12. The second-order valence-electron chi connectivity index (χ2n) is 23.1. The van der Waals surface area contributed by atoms with E-state index in [0.717, 1.165) is 32.1 Å². The first-order valence-corrected chi connectivity index (χ1v) is 33.1. The molecule has 0 bridgehead atoms. The van der Waals surface area contributed by atoms with Crippen molar-refractivity contribution in [1.82, 2.24) is 0 Å². The van der Waals surface area contributed by atoms with Crippen LogP contribution in [0, 0.1) is 35.5 Å². The van der Waals surface area contributed by atoms with Crippen molar-refractivity contribution in [3.05, 3.63) is 41.8 Å². The molecule has 7 unspecified atom stereocenters. The molecular formula is C59H110N12O21P+. The molecule has 6 saturated heterocycles. The van der Waals surface area contributed by atoms with Gasteiger partial charge >= 0.3 is 26.2 Å². The molecule has 6 aliphatic rings. The van der Waals surface area contributed by atoms with Crippen LogP contribution in [0.2, 0.25) is 0 Å². The zero-order valence-corrected chi connectivity index (χ0v) is 57.6. The lowest BCUT2D eigenvalue weighted by molar-refractivity contribution is -0.151. The quantitative estimate of drug-likeness (QED) is 0.0106. The van der Waals surface area contributed by atoms with E-state index >= 15 is 0 Å². The van der Waals surface area contributed by atoms with Crippen molar-refractivity contribution >= 4 is 26.2 Å². The van der Waals surface area contributed by atoms with Gasteiger partial charge in [-0.1, -0.05) is 54.6 Å². The molecule has 0 spiro atoms. The zero-order chi connectivity index (χ0) is 72.3. The van der Waals surface area contributed by atoms with Gasteiger partial charge in [0.2, 0.25) is 1.43 Å². The van der Waals surface area contributed by atoms with E-state index in [0.29, 0.717) is 57.7 Å². The average molecular weight is 1360 g/mol. The number of rotatable bonds is 26. The van der Waals surface area contributed by atoms with Crippen LogP contribution in [-0.2, 0) is 66.1 Å². The highest BCUT2D eigenvalue weighted by atomic mass is 31.1. The van der Waals surface area contributed by atoms with Crippen LogP contribution in [0.4, 0.5) is 0 Å². The van der Waals surface area contributed by atoms with Crippen molar-refractivity contribution in [2.45, 2.75) is 271 Å². The molecule has 6 rings (SSSR count). The number of carbonyl (C=O) groups excluding carboxylic acids is 3. The van der Waals surface area contributed by atoms with E-state index < -0.39 is 32.7 Å². The fourth-order valence-electron chi connectivity index (χ4n) is 12.7. The van der Waals surface area contributed by atoms with Gasteiger partial charge in [-0.3, -0.25) is 14.4 Å². The van der Waals surface area contributed by atoms with E-state index in [1.807, 2.05) is 34.6 Å². The monoisotopic (exact) mass is 1360 g/mol. The summed E-state index contributed by atoms with van der Waals surface area (Å²) in [4.78, 5) is 52.4. The number of aliphatic hydroxyl groups is 6. The number of hydrogen-bond acceptors (Lipinski definition) is 24. The highest BCUT2D eigenvalue weighted by Crippen LogP contribution is 2.39. The van der Waals surface area contributed by atoms with Crippen LogP contribution in [0.5, 0.6) is 0 Å². The van der Waals surface area contributed by atoms with Crippen LogP contribution < -0.4 is 0 Å². The molecule has 25 atom stereocenters. The largest absolute Gasteiger partial charge is 0.695 e. The Hall–Kier alpha value is -4.81. The zero-order valence-electron chi connectivity index (χ0n) is 58.7. The summed E-state index contributed by atoms with van der Waals surface area (Å²) in [7, 11) is -1.43. The summed E-state index contributed by atoms with van der Waals surface area (Å²) in [5.74, 6) is -0.637. The van der Waals surface area contributed by atoms with Gasteiger partial charge in [0.05, 0.1) is 98.7 Å². The average Bonchev–Trinajstić information content (AvgIpc) is 1.74. The van der Waals surface area contributed by atoms with Crippen molar-refractivity contribution in [1.29, 1.82) is 1.43 Å². The molecule has 0 aromatic rings. The van der Waals surface area contributed by atoms with Crippen molar-refractivity contribution in [2.75, 3.05) is 53.1 Å². The smallest absolute Gasteiger partial charge is 0.459 e. The molecule has 536 valence electrons. The Balaban J connectivity index is 0.00000111. The minimum absolute atomic E-state index is 0.0374. The number of esters is 3. The van der Waals surface area contributed by atoms with Crippen LogP contribution >= 0.6 is 8.25 Å². The van der Waals surface area contributed by atoms with Crippen molar-refractivity contribution in [3.8, 4) is 0 Å². The maximum atomic E-state index is 11.1. The lowest BCUT2D eigenvalue weighted by Crippen LogP contribution is -2.31. The molecule has 0 aromatic carbocycles. The van der Waals surface area contributed by atoms with Crippen molar-refractivity contribution in [3.63, 3.8) is 0 Å². The molecule has 0 saturated carbocycles. The minimum atomic E-state index is -2.72. The Kier molecular flexibility index (Phi) is 45.0. The normalized spacial score (nSPS) is 34.6. The van der Waals surface area contributed by atoms with E-state index in [4.69, 9.17) is 92.3 Å². The topological polar surface area (TPSA) is 497 Å². The molecule has 34 heteroatoms. The minimum Gasteiger partial charge on any atom is -0.459 e. The number of ether oxygens (including phenoxy) is 9. The summed E-state index contributed by atoms with van der Waals surface area (Å²) in [5.41, 5.74) is 32.7. The first-order chi connectivity index (χ1) is 45.2. The van der Waals surface area contributed by atoms with Crippen LogP contribution in [-0.4, -0.2) is 218 Å². The highest BCUT2D eigenvalue weighted by Gasteiger charge is 2.48. The van der Waals surface area contributed by atoms with E-state index in [1.165, 1.54) is 27.9 Å². The number of hydrogen-bond donors (Lipinski definition) is 7. The molecule has 0 aliphatic carbocycles. The second-order valence-corrected chi connectivity index (χ2v) is 23.8. The van der Waals surface area contributed by atoms with Crippen LogP contribution in [0.15, 0.2) is 20.5 Å². The first-order valence-electron chi connectivity index (χ1n) is 33.1. The lowest BCUT2D eigenvalue weighted by atomic mass is 9.90. The molecule has 6 heterocycles. The second kappa shape index (κ2) is 49.7. The van der Waals surface area contributed by atoms with E-state index in [2.05, 4.69) is 59.1 Å². The van der Waals surface area contributed by atoms with Gasteiger partial charge in [-0.25, -0.2) is 0 Å². The Labute approximate surface area is 550 Å². The van der Waals surface area contributed by atoms with Gasteiger partial charge in [-0.05, 0) is 128 Å². The van der Waals surface area contributed by atoms with Crippen LogP contribution in [0.25, 0.3) is 41.8 Å². The number of aliphatic hydroxyl groups excluding tert-OH is 6. The number of carbonyl (C=O) groups is 3. The van der Waals surface area contributed by atoms with Gasteiger partial charge in [-0.2, -0.15) is 0 Å². The standard InChI is InChI=1S/C12H22O3.C11H19N3O3.C11H20O4.C8H14N3O5P.C8H15N3O3.C8H15N3O2.CH4O/c1-5-7-10-11(6-2)14-8(3)12(10)15-9(4)13;1-4-10-9(5-6-13-14-12)11(7(2)16-10)17-8(3)15;1-4-10-9(5-6-12)11(7(2)14-10)15-8(3)13;1-5-8(16-17(13)14)6(2-3-10-11-9)7(4-12)15-5;1-5-8(13)6(2-3-10-11-9)7(4-12)14-5;1-5-7(3-4-10-11-9)8(12)6(2)13-5;1-2/h8,10-12H,5-7H2,1-4H3;7,9-11H,4-6H2,1-3H3;7,9-12H,4-6H2,1-3H3;5-8,12H,2-4H2,1H3;5-8,12-13H,2-4H2,1H3;5-8,12H,3-4H2,1-2H3;2H,1H3/p+1/t8-,10?,11+,12+;2*7-,9?,10+,11+;2*5-,6?,7+,8+;5-,6+,7?,8-;/m000001./s1/i;;;;;1D;2T. The van der Waals surface area contributed by atoms with Crippen LogP contribution in [0.3, 0.4) is 0 Å². The first kappa shape index (κ1) is 84.3. The predicted octanol–water partition coefficient (Wildman–Crippen LogP) is 8.72. The SMILES string of the molecule is CCCC1[C@@H](CC)O[C@@H](C)[C@H]1OC(C)=O.CC[C@H]1O[C@@H](C)[C@@H](OC(C)=O)C1CCN=[N+]=[N-].CC[C@H]1O[C@@H](C)[C@@H](OC(C)=O)C1CCO.C[C@@H]1O[C@H](CO)C(CCN=[N+]=[N-])[C@@H]1O.C[C@@H]1O[C@H](CO)C(CCN=[N+]=[N-])[C@@H]1O[P+](=O)O.[2H]C[C@H]1O[C@@H](C)[C@@H](O)C1CCN=[N+]=[N-].[3H]OC. The van der Waals surface area contributed by atoms with Gasteiger partial charge in [0.15, 0.2) is 0 Å². The fraction of sp³-hybridized carbons (Fsp3) is 0.949. The molecule has 7 N–H and O–H groups in total. The van der Waals surface area contributed by atoms with Gasteiger partial charge in [-0.15, -0.1) is 9.42 Å². The summed E-state index contributed by atoms with van der Waals surface area (Å²) >= 11 is 0. The maximum Gasteiger partial charge on any atom is 0.695 e. The van der Waals surface area contributed by atoms with Crippen LogP contribution in [0.1, 0.15) is 162 Å². The molecule has 0 amide bonds. The molecule has 93 heavy (non-hydrogen) atoms. The molecule has 6 aliphatic heterocycles. The third kappa shape index (κ3) is 30.9. The van der Waals surface area contributed by atoms with Gasteiger partial charge in [0.25, 0.3) is 0 Å². The Morgan fingerprint density at radius 3 is 1.13 bits per heavy atom. The maximum absolute atomic E-state index is 11.1. The highest BCUT2D eigenvalue weighted by molar-refractivity contribution is 7.32. The number of azide groups is 4. The molecule has 0 aromatic heterocycles. The summed E-state index contributed by atoms with van der Waals surface area (Å²) in [6, 6.07) is 0. The summed E-state index contributed by atoms with van der Waals surface area (Å²) in [6.07, 6.45) is 4.00. The summed E-state index contributed by atoms with van der Waals surface area (Å²) in [5, 5.41) is 63.8. The third-order valence-corrected chi connectivity index (χ3v) is 17.3. The summed E-state index contributed by atoms with van der Waals surface area (Å²) in [6.45, 7) is 24.9. The molecule has 33 nitrogen and oxygen atoms in total. The van der Waals surface area contributed by atoms with Crippen molar-refractivity contribution < 1.29 is 103 Å². The fourth-order valence-corrected chi connectivity index (χ4v) is 13.2. The van der Waals surface area contributed by atoms with E-state index in [1.54, 1.807) is 20.8 Å². The Morgan fingerprint density at radius 1 is 0.495 bits per heavy atom. The van der Waals surface area contributed by atoms with Crippen molar-refractivity contribution in [2.24, 2.45) is 56.0 Å². The summed E-state index contributed by atoms with van der Waals surface area (Å²) < 4.78 is 77.9. The van der Waals surface area contributed by atoms with E-state index in [-0.39, 0.29) is 166 Å². The molecular weight excluding hydrogens is 1240 g/mol. The molecule has 0 radical (unpaired) electrons. The molecule has 6 fully saturated rings. The Morgan fingerprint density at radius 2 is 0.796 bits per heavy atom. The predicted molar refractivity (Wildman–Crippen MR) is 340 cm³/mol. The van der Waals surface area contributed by atoms with E-state index in [9.17, 15) is 29.2 Å². The van der Waals surface area contributed by atoms with Gasteiger partial charge < -0.3 is 73.3 Å². The van der Waals surface area contributed by atoms with Gasteiger partial charge in [0, 0.05) is 122 Å².